The molecule has 1 N–H and O–H groups in total. The van der Waals surface area contributed by atoms with Crippen molar-refractivity contribution in [3.8, 4) is 5.75 Å². The van der Waals surface area contributed by atoms with Gasteiger partial charge in [0.15, 0.2) is 0 Å². The Balaban J connectivity index is 2.01. The average Bonchev–Trinajstić information content (AvgIpc) is 2.66. The van der Waals surface area contributed by atoms with Crippen molar-refractivity contribution in [3.63, 3.8) is 0 Å². The van der Waals surface area contributed by atoms with Crippen LogP contribution in [0.1, 0.15) is 17.5 Å². The summed E-state index contributed by atoms with van der Waals surface area (Å²) in [6, 6.07) is 13.0. The van der Waals surface area contributed by atoms with Crippen LogP contribution in [0.4, 0.5) is 0 Å². The molecule has 142 valence electrons. The average molecular weight is 453 g/mol. The summed E-state index contributed by atoms with van der Waals surface area (Å²) in [5.41, 5.74) is 1.61. The van der Waals surface area contributed by atoms with Crippen LogP contribution in [-0.2, 0) is 20.9 Å². The minimum atomic E-state index is -0.374. The molecular formula is C20H19BrClNO4. The summed E-state index contributed by atoms with van der Waals surface area (Å²) in [6.07, 6.45) is 3.17. The number of benzene rings is 2. The molecule has 1 amide bonds. The minimum Gasteiger partial charge on any atom is -0.488 e. The molecule has 0 spiro atoms. The molecule has 0 unspecified atom stereocenters. The van der Waals surface area contributed by atoms with Gasteiger partial charge in [-0.1, -0.05) is 45.7 Å². The Bertz CT molecular complexity index is 838. The summed E-state index contributed by atoms with van der Waals surface area (Å²) in [4.78, 5) is 22.9. The third-order valence-electron chi connectivity index (χ3n) is 3.58. The van der Waals surface area contributed by atoms with Gasteiger partial charge in [0.1, 0.15) is 12.4 Å². The van der Waals surface area contributed by atoms with Gasteiger partial charge in [0.2, 0.25) is 5.91 Å². The predicted octanol–water partition coefficient (Wildman–Crippen LogP) is 4.37. The summed E-state index contributed by atoms with van der Waals surface area (Å²) < 4.78 is 11.3. The van der Waals surface area contributed by atoms with Gasteiger partial charge in [-0.15, -0.1) is 0 Å². The number of ether oxygens (including phenoxy) is 2. The van der Waals surface area contributed by atoms with E-state index in [9.17, 15) is 9.59 Å². The van der Waals surface area contributed by atoms with E-state index < -0.39 is 0 Å². The molecule has 2 aromatic carbocycles. The van der Waals surface area contributed by atoms with Gasteiger partial charge in [0.05, 0.1) is 13.5 Å². The highest BCUT2D eigenvalue weighted by molar-refractivity contribution is 9.10. The van der Waals surface area contributed by atoms with Crippen molar-refractivity contribution in [1.29, 1.82) is 0 Å². The third-order valence-corrected chi connectivity index (χ3v) is 4.45. The van der Waals surface area contributed by atoms with Gasteiger partial charge in [-0.2, -0.15) is 0 Å². The van der Waals surface area contributed by atoms with Gasteiger partial charge in [-0.3, -0.25) is 9.59 Å². The lowest BCUT2D eigenvalue weighted by Gasteiger charge is -2.11. The molecule has 0 saturated carbocycles. The van der Waals surface area contributed by atoms with Crippen molar-refractivity contribution in [2.75, 3.05) is 13.7 Å². The highest BCUT2D eigenvalue weighted by Gasteiger charge is 2.06. The highest BCUT2D eigenvalue weighted by atomic mass is 79.9. The minimum absolute atomic E-state index is 0.124. The molecule has 0 aromatic heterocycles. The van der Waals surface area contributed by atoms with Crippen molar-refractivity contribution in [2.24, 2.45) is 0 Å². The molecule has 0 heterocycles. The van der Waals surface area contributed by atoms with Gasteiger partial charge in [-0.05, 0) is 30.3 Å². The molecule has 0 atom stereocenters. The van der Waals surface area contributed by atoms with Crippen molar-refractivity contribution < 1.29 is 19.1 Å². The number of hydrogen-bond donors (Lipinski definition) is 1. The third kappa shape index (κ3) is 7.07. The first kappa shape index (κ1) is 21.0. The molecule has 2 aromatic rings. The lowest BCUT2D eigenvalue weighted by atomic mass is 10.2. The van der Waals surface area contributed by atoms with Crippen LogP contribution in [-0.4, -0.2) is 25.5 Å². The molecule has 0 aliphatic rings. The van der Waals surface area contributed by atoms with Crippen molar-refractivity contribution in [1.82, 2.24) is 5.32 Å². The van der Waals surface area contributed by atoms with E-state index in [2.05, 4.69) is 26.0 Å². The Labute approximate surface area is 171 Å². The summed E-state index contributed by atoms with van der Waals surface area (Å²) >= 11 is 9.57. The fraction of sp³-hybridized carbons (Fsp3) is 0.200. The number of esters is 1. The van der Waals surface area contributed by atoms with E-state index in [1.807, 2.05) is 36.4 Å². The van der Waals surface area contributed by atoms with Gasteiger partial charge < -0.3 is 14.8 Å². The molecule has 0 bridgehead atoms. The van der Waals surface area contributed by atoms with Gasteiger partial charge in [0, 0.05) is 33.2 Å². The first-order valence-electron chi connectivity index (χ1n) is 8.18. The lowest BCUT2D eigenvalue weighted by Crippen LogP contribution is -2.24. The zero-order valence-electron chi connectivity index (χ0n) is 14.7. The molecule has 0 saturated heterocycles. The summed E-state index contributed by atoms with van der Waals surface area (Å²) in [6.45, 7) is 0.525. The van der Waals surface area contributed by atoms with Crippen molar-refractivity contribution >= 4 is 45.5 Å². The smallest absolute Gasteiger partial charge is 0.307 e. The quantitative estimate of drug-likeness (QED) is 0.477. The maximum Gasteiger partial charge on any atom is 0.307 e. The summed E-state index contributed by atoms with van der Waals surface area (Å²) in [5.74, 6) is -0.0609. The van der Waals surface area contributed by atoms with Crippen LogP contribution in [0, 0.1) is 0 Å². The molecule has 2 rings (SSSR count). The van der Waals surface area contributed by atoms with E-state index >= 15 is 0 Å². The number of nitrogens with one attached hydrogen (secondary N) is 1. The van der Waals surface area contributed by atoms with E-state index in [0.717, 1.165) is 15.6 Å². The molecule has 0 radical (unpaired) electrons. The number of carbonyl (C=O) groups is 2. The second-order valence-corrected chi connectivity index (χ2v) is 6.84. The Morgan fingerprint density at radius 1 is 1.22 bits per heavy atom. The number of methoxy groups -OCH3 is 1. The van der Waals surface area contributed by atoms with Crippen LogP contribution in [0.5, 0.6) is 5.75 Å². The van der Waals surface area contributed by atoms with Crippen LogP contribution >= 0.6 is 27.5 Å². The van der Waals surface area contributed by atoms with Crippen molar-refractivity contribution in [2.45, 2.75) is 13.0 Å². The topological polar surface area (TPSA) is 64.6 Å². The van der Waals surface area contributed by atoms with Crippen LogP contribution in [0.2, 0.25) is 5.02 Å². The van der Waals surface area contributed by atoms with E-state index in [4.69, 9.17) is 16.3 Å². The SMILES string of the molecule is COC(=O)CCNC(=O)/C=C/c1cc(Br)ccc1OCc1ccccc1Cl. The molecule has 5 nitrogen and oxygen atoms in total. The number of hydrogen-bond acceptors (Lipinski definition) is 4. The normalized spacial score (nSPS) is 10.6. The Hall–Kier alpha value is -2.31. The van der Waals surface area contributed by atoms with Gasteiger partial charge in [0.25, 0.3) is 0 Å². The zero-order valence-corrected chi connectivity index (χ0v) is 17.0. The van der Waals surface area contributed by atoms with Crippen molar-refractivity contribution in [3.05, 3.63) is 69.2 Å². The van der Waals surface area contributed by atoms with Crippen LogP contribution in [0.25, 0.3) is 6.08 Å². The van der Waals surface area contributed by atoms with E-state index in [0.29, 0.717) is 17.4 Å². The van der Waals surface area contributed by atoms with Crippen LogP contribution in [0.3, 0.4) is 0 Å². The maximum atomic E-state index is 11.9. The second-order valence-electron chi connectivity index (χ2n) is 5.51. The standard InChI is InChI=1S/C20H19BrClNO4/c1-26-20(25)10-11-23-19(24)9-6-14-12-16(21)7-8-18(14)27-13-15-4-2-3-5-17(15)22/h2-9,12H,10-11,13H2,1H3,(H,23,24)/b9-6+. The number of halogens is 2. The Morgan fingerprint density at radius 3 is 2.74 bits per heavy atom. The molecule has 0 aliphatic heterocycles. The second kappa shape index (κ2) is 10.7. The Morgan fingerprint density at radius 2 is 2.00 bits per heavy atom. The summed E-state index contributed by atoms with van der Waals surface area (Å²) in [5, 5.41) is 3.26. The van der Waals surface area contributed by atoms with Gasteiger partial charge in [-0.25, -0.2) is 0 Å². The number of amides is 1. The van der Waals surface area contributed by atoms with Crippen LogP contribution in [0.15, 0.2) is 53.0 Å². The molecule has 7 heteroatoms. The zero-order chi connectivity index (χ0) is 19.6. The predicted molar refractivity (Wildman–Crippen MR) is 109 cm³/mol. The van der Waals surface area contributed by atoms with E-state index in [-0.39, 0.29) is 24.8 Å². The molecular weight excluding hydrogens is 434 g/mol. The van der Waals surface area contributed by atoms with E-state index in [1.54, 1.807) is 12.1 Å². The highest BCUT2D eigenvalue weighted by Crippen LogP contribution is 2.26. The van der Waals surface area contributed by atoms with Crippen LogP contribution < -0.4 is 10.1 Å². The monoisotopic (exact) mass is 451 g/mol. The maximum absolute atomic E-state index is 11.9. The van der Waals surface area contributed by atoms with Gasteiger partial charge >= 0.3 is 5.97 Å². The number of rotatable bonds is 8. The lowest BCUT2D eigenvalue weighted by molar-refractivity contribution is -0.140. The first-order chi connectivity index (χ1) is 13.0. The Kier molecular flexibility index (Phi) is 8.36. The molecule has 0 aliphatic carbocycles. The fourth-order valence-corrected chi connectivity index (χ4v) is 2.74. The largest absolute Gasteiger partial charge is 0.488 e. The first-order valence-corrected chi connectivity index (χ1v) is 9.35. The molecule has 0 fully saturated rings. The van der Waals surface area contributed by atoms with E-state index in [1.165, 1.54) is 13.2 Å². The molecule has 27 heavy (non-hydrogen) atoms. The summed E-state index contributed by atoms with van der Waals surface area (Å²) in [7, 11) is 1.31. The number of carbonyl (C=O) groups excluding carboxylic acids is 2. The fourth-order valence-electron chi connectivity index (χ4n) is 2.17.